The van der Waals surface area contributed by atoms with Crippen LogP contribution < -0.4 is 5.43 Å². The molecule has 70 valence electrons. The van der Waals surface area contributed by atoms with Crippen LogP contribution in [0.25, 0.3) is 0 Å². The Morgan fingerprint density at radius 3 is 2.62 bits per heavy atom. The van der Waals surface area contributed by atoms with Crippen LogP contribution in [0.5, 0.6) is 0 Å². The smallest absolute Gasteiger partial charge is 0.267 e. The van der Waals surface area contributed by atoms with Gasteiger partial charge in [-0.25, -0.2) is 5.43 Å². The molecule has 1 N–H and O–H groups in total. The molecular weight excluding hydrogens is 164 g/mol. The molecule has 1 heterocycles. The molecule has 3 heteroatoms. The highest BCUT2D eigenvalue weighted by molar-refractivity contribution is 6.24. The zero-order valence-electron chi connectivity index (χ0n) is 8.16. The molecule has 1 aliphatic heterocycles. The average molecular weight is 178 g/mol. The van der Waals surface area contributed by atoms with E-state index in [1.807, 2.05) is 19.1 Å². The number of carbonyl (C=O) groups excluding carboxylic acids is 1. The average Bonchev–Trinajstić information content (AvgIpc) is 2.34. The van der Waals surface area contributed by atoms with Gasteiger partial charge in [0.25, 0.3) is 5.91 Å². The summed E-state index contributed by atoms with van der Waals surface area (Å²) in [6, 6.07) is 0. The predicted octanol–water partition coefficient (Wildman–Crippen LogP) is 1.63. The van der Waals surface area contributed by atoms with Crippen LogP contribution in [0.2, 0.25) is 0 Å². The van der Waals surface area contributed by atoms with Gasteiger partial charge in [-0.05, 0) is 18.9 Å². The van der Waals surface area contributed by atoms with Gasteiger partial charge in [0.1, 0.15) is 0 Å². The van der Waals surface area contributed by atoms with Crippen LogP contribution in [0.4, 0.5) is 0 Å². The molecule has 1 amide bonds. The second-order valence-corrected chi connectivity index (χ2v) is 3.35. The number of hydrogen-bond acceptors (Lipinski definition) is 2. The lowest BCUT2D eigenvalue weighted by atomic mass is 10.1. The lowest BCUT2D eigenvalue weighted by Crippen LogP contribution is -2.12. The molecule has 3 nitrogen and oxygen atoms in total. The molecule has 0 spiro atoms. The third kappa shape index (κ3) is 2.54. The van der Waals surface area contributed by atoms with Gasteiger partial charge >= 0.3 is 0 Å². The van der Waals surface area contributed by atoms with E-state index in [9.17, 15) is 4.79 Å². The van der Waals surface area contributed by atoms with Crippen molar-refractivity contribution in [2.24, 2.45) is 11.0 Å². The van der Waals surface area contributed by atoms with Gasteiger partial charge in [0.2, 0.25) is 0 Å². The molecule has 0 aromatic carbocycles. The van der Waals surface area contributed by atoms with E-state index in [0.29, 0.717) is 11.5 Å². The third-order valence-corrected chi connectivity index (χ3v) is 1.72. The quantitative estimate of drug-likeness (QED) is 0.641. The molecule has 0 fully saturated rings. The Morgan fingerprint density at radius 1 is 1.46 bits per heavy atom. The fraction of sp³-hybridized carbons (Fsp3) is 0.400. The van der Waals surface area contributed by atoms with Gasteiger partial charge in [-0.1, -0.05) is 26.0 Å². The van der Waals surface area contributed by atoms with Crippen LogP contribution in [0, 0.1) is 5.92 Å². The molecule has 1 rings (SSSR count). The second-order valence-electron chi connectivity index (χ2n) is 3.35. The molecule has 13 heavy (non-hydrogen) atoms. The van der Waals surface area contributed by atoms with Crippen molar-refractivity contribution < 1.29 is 4.79 Å². The zero-order chi connectivity index (χ0) is 9.84. The molecule has 0 bridgehead atoms. The van der Waals surface area contributed by atoms with E-state index in [1.165, 1.54) is 0 Å². The zero-order valence-corrected chi connectivity index (χ0v) is 8.16. The standard InChI is InChI=1S/C10H14N2O/c1-7(2)5-4-6-9-8(3)11-12-10(9)13/h4-7H,1-3H3,(H,12,13)/b5-4+,9-6?. The number of hydrogen-bond donors (Lipinski definition) is 1. The normalized spacial score (nSPS) is 20.2. The summed E-state index contributed by atoms with van der Waals surface area (Å²) in [5.74, 6) is 0.379. The Hall–Kier alpha value is -1.38. The van der Waals surface area contributed by atoms with Crippen LogP contribution in [-0.2, 0) is 4.79 Å². The number of rotatable bonds is 2. The van der Waals surface area contributed by atoms with Gasteiger partial charge < -0.3 is 0 Å². The number of nitrogens with one attached hydrogen (secondary N) is 1. The number of nitrogens with zero attached hydrogens (tertiary/aromatic N) is 1. The van der Waals surface area contributed by atoms with Crippen molar-refractivity contribution in [3.63, 3.8) is 0 Å². The fourth-order valence-corrected chi connectivity index (χ4v) is 0.990. The molecule has 0 saturated heterocycles. The first kappa shape index (κ1) is 9.71. The van der Waals surface area contributed by atoms with Gasteiger partial charge in [0.15, 0.2) is 0 Å². The highest BCUT2D eigenvalue weighted by Crippen LogP contribution is 2.05. The summed E-state index contributed by atoms with van der Waals surface area (Å²) in [6.07, 6.45) is 5.72. The Morgan fingerprint density at radius 2 is 2.15 bits per heavy atom. The summed E-state index contributed by atoms with van der Waals surface area (Å²) >= 11 is 0. The number of allylic oxidation sites excluding steroid dienone is 3. The summed E-state index contributed by atoms with van der Waals surface area (Å²) < 4.78 is 0. The predicted molar refractivity (Wildman–Crippen MR) is 53.3 cm³/mol. The topological polar surface area (TPSA) is 41.5 Å². The van der Waals surface area contributed by atoms with Gasteiger partial charge in [-0.2, -0.15) is 5.10 Å². The van der Waals surface area contributed by atoms with Crippen LogP contribution in [0.1, 0.15) is 20.8 Å². The van der Waals surface area contributed by atoms with E-state index in [1.54, 1.807) is 6.08 Å². The van der Waals surface area contributed by atoms with Crippen molar-refractivity contribution >= 4 is 11.6 Å². The lowest BCUT2D eigenvalue weighted by Gasteiger charge is -1.92. The van der Waals surface area contributed by atoms with E-state index in [0.717, 1.165) is 5.71 Å². The molecular formula is C10H14N2O. The van der Waals surface area contributed by atoms with Crippen LogP contribution in [0.3, 0.4) is 0 Å². The molecule has 0 aromatic heterocycles. The Balaban J connectivity index is 2.71. The maximum atomic E-state index is 11.1. The van der Waals surface area contributed by atoms with Gasteiger partial charge in [0.05, 0.1) is 11.3 Å². The molecule has 0 saturated carbocycles. The fourth-order valence-electron chi connectivity index (χ4n) is 0.990. The van der Waals surface area contributed by atoms with E-state index in [2.05, 4.69) is 24.4 Å². The van der Waals surface area contributed by atoms with Crippen molar-refractivity contribution in [2.75, 3.05) is 0 Å². The summed E-state index contributed by atoms with van der Waals surface area (Å²) in [6.45, 7) is 5.99. The van der Waals surface area contributed by atoms with Crippen molar-refractivity contribution in [3.8, 4) is 0 Å². The first-order valence-electron chi connectivity index (χ1n) is 4.34. The van der Waals surface area contributed by atoms with Crippen molar-refractivity contribution in [1.82, 2.24) is 5.43 Å². The van der Waals surface area contributed by atoms with Gasteiger partial charge in [-0.3, -0.25) is 4.79 Å². The summed E-state index contributed by atoms with van der Waals surface area (Å²) in [4.78, 5) is 11.1. The Kier molecular flexibility index (Phi) is 3.01. The van der Waals surface area contributed by atoms with Crippen molar-refractivity contribution in [3.05, 3.63) is 23.8 Å². The van der Waals surface area contributed by atoms with E-state index >= 15 is 0 Å². The summed E-state index contributed by atoms with van der Waals surface area (Å²) in [5.41, 5.74) is 3.80. The molecule has 0 aromatic rings. The minimum Gasteiger partial charge on any atom is -0.267 e. The maximum Gasteiger partial charge on any atom is 0.273 e. The monoisotopic (exact) mass is 178 g/mol. The first-order valence-corrected chi connectivity index (χ1v) is 4.34. The molecule has 0 unspecified atom stereocenters. The Bertz CT molecular complexity index is 298. The second kappa shape index (κ2) is 4.03. The summed E-state index contributed by atoms with van der Waals surface area (Å²) in [7, 11) is 0. The highest BCUT2D eigenvalue weighted by Gasteiger charge is 2.16. The van der Waals surface area contributed by atoms with Crippen molar-refractivity contribution in [1.29, 1.82) is 0 Å². The van der Waals surface area contributed by atoms with E-state index in [4.69, 9.17) is 0 Å². The molecule has 0 radical (unpaired) electrons. The summed E-state index contributed by atoms with van der Waals surface area (Å²) in [5, 5.41) is 3.81. The number of carbonyl (C=O) groups is 1. The van der Waals surface area contributed by atoms with Crippen LogP contribution in [0.15, 0.2) is 28.9 Å². The van der Waals surface area contributed by atoms with Crippen LogP contribution in [-0.4, -0.2) is 11.6 Å². The molecule has 1 aliphatic rings. The molecule has 0 atom stereocenters. The minimum atomic E-state index is -0.120. The van der Waals surface area contributed by atoms with Crippen LogP contribution >= 0.6 is 0 Å². The highest BCUT2D eigenvalue weighted by atomic mass is 16.2. The maximum absolute atomic E-state index is 11.1. The largest absolute Gasteiger partial charge is 0.273 e. The SMILES string of the molecule is CC1=NNC(=O)C1=C/C=C/C(C)C. The Labute approximate surface area is 78.2 Å². The minimum absolute atomic E-state index is 0.120. The van der Waals surface area contributed by atoms with Gasteiger partial charge in [0, 0.05) is 0 Å². The molecule has 0 aliphatic carbocycles. The lowest BCUT2D eigenvalue weighted by molar-refractivity contribution is -0.116. The van der Waals surface area contributed by atoms with E-state index < -0.39 is 0 Å². The van der Waals surface area contributed by atoms with E-state index in [-0.39, 0.29) is 5.91 Å². The van der Waals surface area contributed by atoms with Gasteiger partial charge in [-0.15, -0.1) is 0 Å². The first-order chi connectivity index (χ1) is 6.11. The number of hydrazone groups is 1. The van der Waals surface area contributed by atoms with Crippen molar-refractivity contribution in [2.45, 2.75) is 20.8 Å². The third-order valence-electron chi connectivity index (χ3n) is 1.72. The number of amides is 1.